The maximum atomic E-state index is 13.4. The van der Waals surface area contributed by atoms with Crippen LogP contribution in [-0.2, 0) is 4.79 Å². The third-order valence-corrected chi connectivity index (χ3v) is 5.43. The molecule has 27 heavy (non-hydrogen) atoms. The van der Waals surface area contributed by atoms with Gasteiger partial charge in [-0.15, -0.1) is 0 Å². The third kappa shape index (κ3) is 3.70. The van der Waals surface area contributed by atoms with E-state index in [-0.39, 0.29) is 29.7 Å². The number of amides is 1. The lowest BCUT2D eigenvalue weighted by Gasteiger charge is -2.32. The monoisotopic (exact) mass is 366 g/mol. The third-order valence-electron chi connectivity index (χ3n) is 5.43. The molecular weight excluding hydrogens is 343 g/mol. The van der Waals surface area contributed by atoms with Crippen LogP contribution < -0.4 is 5.32 Å². The summed E-state index contributed by atoms with van der Waals surface area (Å²) in [5, 5.41) is 3.57. The predicted octanol–water partition coefficient (Wildman–Crippen LogP) is 3.26. The Morgan fingerprint density at radius 1 is 1.15 bits per heavy atom. The Labute approximate surface area is 158 Å². The topological polar surface area (TPSA) is 57.6 Å². The second-order valence-corrected chi connectivity index (χ2v) is 7.22. The van der Waals surface area contributed by atoms with Crippen molar-refractivity contribution >= 4 is 11.7 Å². The van der Waals surface area contributed by atoms with E-state index in [1.807, 2.05) is 29.2 Å². The number of carbonyl (C=O) groups excluding carboxylic acids is 1. The van der Waals surface area contributed by atoms with Crippen molar-refractivity contribution < 1.29 is 9.18 Å². The summed E-state index contributed by atoms with van der Waals surface area (Å²) in [5.41, 5.74) is 2.07. The molecule has 5 nitrogen and oxygen atoms in total. The van der Waals surface area contributed by atoms with Crippen LogP contribution in [0.5, 0.6) is 0 Å². The lowest BCUT2D eigenvalue weighted by molar-refractivity contribution is -0.130. The molecule has 0 saturated carbocycles. The van der Waals surface area contributed by atoms with Crippen molar-refractivity contribution in [3.63, 3.8) is 0 Å². The Morgan fingerprint density at radius 2 is 1.89 bits per heavy atom. The molecule has 1 fully saturated rings. The summed E-state index contributed by atoms with van der Waals surface area (Å²) < 4.78 is 13.4. The fourth-order valence-corrected chi connectivity index (χ4v) is 3.97. The number of carbonyl (C=O) groups is 1. The van der Waals surface area contributed by atoms with E-state index in [4.69, 9.17) is 4.99 Å². The van der Waals surface area contributed by atoms with Crippen molar-refractivity contribution in [2.24, 2.45) is 10.9 Å². The molecule has 2 aromatic rings. The minimum absolute atomic E-state index is 0.0595. The van der Waals surface area contributed by atoms with Crippen LogP contribution >= 0.6 is 0 Å². The molecule has 3 unspecified atom stereocenters. The van der Waals surface area contributed by atoms with E-state index in [1.165, 1.54) is 12.1 Å². The fourth-order valence-electron chi connectivity index (χ4n) is 3.97. The summed E-state index contributed by atoms with van der Waals surface area (Å²) in [4.78, 5) is 22.8. The van der Waals surface area contributed by atoms with Crippen LogP contribution in [0, 0.1) is 11.7 Å². The maximum absolute atomic E-state index is 13.4. The molecule has 1 saturated heterocycles. The molecule has 2 aliphatic heterocycles. The van der Waals surface area contributed by atoms with Gasteiger partial charge in [-0.25, -0.2) is 4.39 Å². The molecule has 3 atom stereocenters. The molecule has 1 aromatic carbocycles. The highest BCUT2D eigenvalue weighted by atomic mass is 19.1. The number of amidine groups is 1. The van der Waals surface area contributed by atoms with Crippen molar-refractivity contribution in [2.75, 3.05) is 13.1 Å². The molecule has 1 N–H and O–H groups in total. The molecule has 0 radical (unpaired) electrons. The van der Waals surface area contributed by atoms with Gasteiger partial charge >= 0.3 is 0 Å². The van der Waals surface area contributed by atoms with Crippen molar-refractivity contribution in [3.05, 3.63) is 65.7 Å². The van der Waals surface area contributed by atoms with Gasteiger partial charge in [0, 0.05) is 38.3 Å². The van der Waals surface area contributed by atoms with Crippen LogP contribution in [0.2, 0.25) is 0 Å². The van der Waals surface area contributed by atoms with E-state index < -0.39 is 0 Å². The second-order valence-electron chi connectivity index (χ2n) is 7.22. The highest BCUT2D eigenvalue weighted by molar-refractivity contribution is 5.88. The zero-order chi connectivity index (χ0) is 18.8. The fraction of sp³-hybridized carbons (Fsp3) is 0.381. The van der Waals surface area contributed by atoms with Crippen molar-refractivity contribution in [3.8, 4) is 0 Å². The van der Waals surface area contributed by atoms with Gasteiger partial charge in [-0.05, 0) is 48.2 Å². The zero-order valence-electron chi connectivity index (χ0n) is 15.3. The first-order chi connectivity index (χ1) is 13.1. The average molecular weight is 366 g/mol. The number of rotatable bonds is 3. The normalized spacial score (nSPS) is 25.0. The number of piperidine rings is 1. The first-order valence-corrected chi connectivity index (χ1v) is 9.37. The summed E-state index contributed by atoms with van der Waals surface area (Å²) in [6, 6.07) is 10.4. The average Bonchev–Trinajstić information content (AvgIpc) is 3.15. The number of hydrogen-bond donors (Lipinski definition) is 1. The van der Waals surface area contributed by atoms with E-state index in [0.29, 0.717) is 6.54 Å². The molecule has 1 aromatic heterocycles. The lowest BCUT2D eigenvalue weighted by Crippen LogP contribution is -2.44. The Morgan fingerprint density at radius 3 is 2.59 bits per heavy atom. The van der Waals surface area contributed by atoms with Crippen LogP contribution in [-0.4, -0.2) is 34.7 Å². The number of aromatic nitrogens is 1. The van der Waals surface area contributed by atoms with E-state index in [2.05, 4.69) is 10.3 Å². The molecule has 140 valence electrons. The van der Waals surface area contributed by atoms with Gasteiger partial charge in [0.05, 0.1) is 6.04 Å². The molecule has 2 aliphatic rings. The van der Waals surface area contributed by atoms with Crippen LogP contribution in [0.25, 0.3) is 0 Å². The maximum Gasteiger partial charge on any atom is 0.219 e. The smallest absolute Gasteiger partial charge is 0.219 e. The second kappa shape index (κ2) is 7.47. The molecular formula is C21H23FN4O. The van der Waals surface area contributed by atoms with Gasteiger partial charge in [0.1, 0.15) is 17.7 Å². The molecule has 6 heteroatoms. The van der Waals surface area contributed by atoms with Crippen LogP contribution in [0.15, 0.2) is 53.8 Å². The summed E-state index contributed by atoms with van der Waals surface area (Å²) in [5.74, 6) is 1.01. The molecule has 0 aliphatic carbocycles. The molecule has 4 rings (SSSR count). The van der Waals surface area contributed by atoms with E-state index in [0.717, 1.165) is 36.3 Å². The standard InChI is InChI=1S/C21H23FN4O/c1-14(27)26-12-2-3-17(13-26)21-24-19(15-4-6-18(22)7-5-15)20(25-21)16-8-10-23-11-9-16/h4-11,17,19-20H,2-3,12-13H2,1H3,(H,24,25). The highest BCUT2D eigenvalue weighted by Gasteiger charge is 2.36. The SMILES string of the molecule is CC(=O)N1CCCC(C2=NC(c3ccncc3)C(c3ccc(F)cc3)N2)C1. The van der Waals surface area contributed by atoms with Crippen LogP contribution in [0.1, 0.15) is 43.0 Å². The predicted molar refractivity (Wildman–Crippen MR) is 102 cm³/mol. The number of benzene rings is 1. The molecule has 0 bridgehead atoms. The number of pyridine rings is 1. The first kappa shape index (κ1) is 17.6. The number of nitrogens with zero attached hydrogens (tertiary/aromatic N) is 3. The molecule has 0 spiro atoms. The summed E-state index contributed by atoms with van der Waals surface area (Å²) in [6.07, 6.45) is 5.52. The number of nitrogens with one attached hydrogen (secondary N) is 1. The van der Waals surface area contributed by atoms with Gasteiger partial charge in [-0.3, -0.25) is 14.8 Å². The number of hydrogen-bond acceptors (Lipinski definition) is 4. The van der Waals surface area contributed by atoms with Gasteiger partial charge in [0.15, 0.2) is 0 Å². The minimum atomic E-state index is -0.247. The number of halogens is 1. The van der Waals surface area contributed by atoms with Gasteiger partial charge in [-0.1, -0.05) is 12.1 Å². The first-order valence-electron chi connectivity index (χ1n) is 9.37. The van der Waals surface area contributed by atoms with Crippen molar-refractivity contribution in [1.29, 1.82) is 0 Å². The summed E-state index contributed by atoms with van der Waals surface area (Å²) in [6.45, 7) is 3.13. The molecule has 3 heterocycles. The number of likely N-dealkylation sites (tertiary alicyclic amines) is 1. The van der Waals surface area contributed by atoms with Crippen molar-refractivity contribution in [1.82, 2.24) is 15.2 Å². The Bertz CT molecular complexity index is 837. The summed E-state index contributed by atoms with van der Waals surface area (Å²) >= 11 is 0. The van der Waals surface area contributed by atoms with Gasteiger partial charge in [0.2, 0.25) is 5.91 Å². The van der Waals surface area contributed by atoms with E-state index in [1.54, 1.807) is 19.3 Å². The highest BCUT2D eigenvalue weighted by Crippen LogP contribution is 2.38. The zero-order valence-corrected chi connectivity index (χ0v) is 15.3. The van der Waals surface area contributed by atoms with E-state index in [9.17, 15) is 9.18 Å². The minimum Gasteiger partial charge on any atom is -0.364 e. The Kier molecular flexibility index (Phi) is 4.88. The van der Waals surface area contributed by atoms with Gasteiger partial charge in [0.25, 0.3) is 0 Å². The summed E-state index contributed by atoms with van der Waals surface area (Å²) in [7, 11) is 0. The van der Waals surface area contributed by atoms with Gasteiger partial charge < -0.3 is 10.2 Å². The lowest BCUT2D eigenvalue weighted by atomic mass is 9.95. The Hall–Kier alpha value is -2.76. The largest absolute Gasteiger partial charge is 0.364 e. The Balaban J connectivity index is 1.63. The number of aliphatic imine (C=N–C) groups is 1. The van der Waals surface area contributed by atoms with Crippen LogP contribution in [0.3, 0.4) is 0 Å². The van der Waals surface area contributed by atoms with E-state index >= 15 is 0 Å². The molecule has 1 amide bonds. The van der Waals surface area contributed by atoms with Crippen LogP contribution in [0.4, 0.5) is 4.39 Å². The van der Waals surface area contributed by atoms with Crippen molar-refractivity contribution in [2.45, 2.75) is 31.8 Å². The quantitative estimate of drug-likeness (QED) is 0.907. The van der Waals surface area contributed by atoms with Gasteiger partial charge in [-0.2, -0.15) is 0 Å².